The fourth-order valence-electron chi connectivity index (χ4n) is 1.00. The Hall–Kier alpha value is -0.570. The van der Waals surface area contributed by atoms with Crippen LogP contribution in [-0.4, -0.2) is 43.9 Å². The molecule has 0 amide bonds. The largest absolute Gasteiger partial charge is 0.425 e. The van der Waals surface area contributed by atoms with Gasteiger partial charge in [-0.2, -0.15) is 26.3 Å². The van der Waals surface area contributed by atoms with Crippen LogP contribution < -0.4 is 0 Å². The molecule has 0 aliphatic carbocycles. The Bertz CT molecular complexity index is 265. The van der Waals surface area contributed by atoms with Gasteiger partial charge in [0.1, 0.15) is 0 Å². The maximum atomic E-state index is 12.7. The first-order valence-corrected chi connectivity index (χ1v) is 4.59. The molecule has 0 saturated carbocycles. The minimum atomic E-state index is -5.92. The predicted octanol–water partition coefficient (Wildman–Crippen LogP) is 2.62. The molecule has 0 aromatic carbocycles. The van der Waals surface area contributed by atoms with Gasteiger partial charge in [-0.1, -0.05) is 0 Å². The normalized spacial score (nSPS) is 22.4. The molecule has 102 valence electrons. The van der Waals surface area contributed by atoms with Crippen LogP contribution in [0, 0.1) is 0 Å². The lowest BCUT2D eigenvalue weighted by atomic mass is 10.1. The average molecular weight is 270 g/mol. The van der Waals surface area contributed by atoms with E-state index in [1.54, 1.807) is 0 Å². The quantitative estimate of drug-likeness (QED) is 0.691. The van der Waals surface area contributed by atoms with Gasteiger partial charge in [-0.25, -0.2) is 4.39 Å². The molecule has 1 aliphatic rings. The van der Waals surface area contributed by atoms with Crippen molar-refractivity contribution in [2.24, 2.45) is 0 Å². The van der Waals surface area contributed by atoms with E-state index < -0.39 is 37.3 Å². The van der Waals surface area contributed by atoms with E-state index >= 15 is 0 Å². The van der Waals surface area contributed by atoms with Crippen LogP contribution in [0.1, 0.15) is 6.42 Å². The molecule has 9 heteroatoms. The van der Waals surface area contributed by atoms with Crippen LogP contribution in [-0.2, 0) is 9.47 Å². The van der Waals surface area contributed by atoms with E-state index in [2.05, 4.69) is 9.47 Å². The fourth-order valence-corrected chi connectivity index (χ4v) is 1.00. The van der Waals surface area contributed by atoms with E-state index in [1.807, 2.05) is 0 Å². The number of halogens is 7. The third kappa shape index (κ3) is 2.65. The van der Waals surface area contributed by atoms with Crippen molar-refractivity contribution in [1.29, 1.82) is 0 Å². The second-order valence-electron chi connectivity index (χ2n) is 3.52. The maximum Gasteiger partial charge on any atom is 0.425 e. The van der Waals surface area contributed by atoms with Crippen LogP contribution in [0.4, 0.5) is 30.7 Å². The highest BCUT2D eigenvalue weighted by molar-refractivity contribution is 4.91. The number of alkyl halides is 7. The lowest BCUT2D eigenvalue weighted by molar-refractivity contribution is -0.404. The molecule has 0 N–H and O–H groups in total. The summed E-state index contributed by atoms with van der Waals surface area (Å²) in [6.07, 6.45) is -5.97. The molecule has 1 unspecified atom stereocenters. The third-order valence-electron chi connectivity index (χ3n) is 2.24. The second-order valence-corrected chi connectivity index (χ2v) is 3.52. The molecule has 1 atom stereocenters. The molecule has 1 rings (SSSR count). The van der Waals surface area contributed by atoms with Crippen LogP contribution in [0.5, 0.6) is 0 Å². The highest BCUT2D eigenvalue weighted by Gasteiger charge is 2.73. The number of ether oxygens (including phenoxy) is 2. The molecule has 1 heterocycles. The molecule has 2 nitrogen and oxygen atoms in total. The van der Waals surface area contributed by atoms with Crippen molar-refractivity contribution in [2.75, 3.05) is 19.9 Å². The maximum absolute atomic E-state index is 12.7. The molecular formula is C8H9F7O2. The van der Waals surface area contributed by atoms with Crippen molar-refractivity contribution < 1.29 is 40.2 Å². The molecule has 0 bridgehead atoms. The topological polar surface area (TPSA) is 18.5 Å². The van der Waals surface area contributed by atoms with E-state index in [9.17, 15) is 30.7 Å². The lowest BCUT2D eigenvalue weighted by Crippen LogP contribution is -2.57. The molecular weight excluding hydrogens is 261 g/mol. The Labute approximate surface area is 91.7 Å². The summed E-state index contributed by atoms with van der Waals surface area (Å²) in [6.45, 7) is -3.60. The van der Waals surface area contributed by atoms with Crippen LogP contribution in [0.3, 0.4) is 0 Å². The summed E-state index contributed by atoms with van der Waals surface area (Å²) in [5.74, 6) is -11.4. The van der Waals surface area contributed by atoms with Crippen molar-refractivity contribution >= 4 is 0 Å². The van der Waals surface area contributed by atoms with Crippen molar-refractivity contribution in [2.45, 2.75) is 30.5 Å². The van der Waals surface area contributed by atoms with Gasteiger partial charge >= 0.3 is 18.0 Å². The molecule has 0 radical (unpaired) electrons. The number of hydrogen-bond donors (Lipinski definition) is 0. The minimum absolute atomic E-state index is 0.261. The van der Waals surface area contributed by atoms with Gasteiger partial charge in [-0.15, -0.1) is 0 Å². The molecule has 17 heavy (non-hydrogen) atoms. The van der Waals surface area contributed by atoms with Crippen molar-refractivity contribution in [1.82, 2.24) is 0 Å². The minimum Gasteiger partial charge on any atom is -0.376 e. The zero-order valence-electron chi connectivity index (χ0n) is 8.37. The molecule has 0 spiro atoms. The smallest absolute Gasteiger partial charge is 0.376 e. The molecule has 0 aromatic heterocycles. The van der Waals surface area contributed by atoms with Gasteiger partial charge in [-0.05, 0) is 6.42 Å². The first-order chi connectivity index (χ1) is 7.64. The Morgan fingerprint density at radius 3 is 2.00 bits per heavy atom. The van der Waals surface area contributed by atoms with Crippen molar-refractivity contribution in [3.05, 3.63) is 0 Å². The van der Waals surface area contributed by atoms with Gasteiger partial charge in [-0.3, -0.25) is 0 Å². The zero-order valence-corrected chi connectivity index (χ0v) is 8.37. The monoisotopic (exact) mass is 270 g/mol. The first-order valence-electron chi connectivity index (χ1n) is 4.59. The fraction of sp³-hybridized carbons (Fsp3) is 1.00. The highest BCUT2D eigenvalue weighted by Crippen LogP contribution is 2.46. The lowest BCUT2D eigenvalue weighted by Gasteiger charge is -2.33. The molecule has 1 fully saturated rings. The Morgan fingerprint density at radius 2 is 1.65 bits per heavy atom. The predicted molar refractivity (Wildman–Crippen MR) is 41.1 cm³/mol. The first kappa shape index (κ1) is 14.5. The van der Waals surface area contributed by atoms with E-state index in [4.69, 9.17) is 0 Å². The molecule has 1 aliphatic heterocycles. The van der Waals surface area contributed by atoms with Crippen molar-refractivity contribution in [3.63, 3.8) is 0 Å². The summed E-state index contributed by atoms with van der Waals surface area (Å²) in [7, 11) is 0. The van der Waals surface area contributed by atoms with Gasteiger partial charge in [0, 0.05) is 6.61 Å². The highest BCUT2D eigenvalue weighted by atomic mass is 19.4. The van der Waals surface area contributed by atoms with Gasteiger partial charge in [0.2, 0.25) is 0 Å². The van der Waals surface area contributed by atoms with Gasteiger partial charge in [0.25, 0.3) is 0 Å². The summed E-state index contributed by atoms with van der Waals surface area (Å²) in [5, 5.41) is 0. The average Bonchev–Trinajstić information content (AvgIpc) is 2.14. The Morgan fingerprint density at radius 1 is 1.12 bits per heavy atom. The summed E-state index contributed by atoms with van der Waals surface area (Å²) in [6, 6.07) is 0. The van der Waals surface area contributed by atoms with E-state index in [0.717, 1.165) is 0 Å². The van der Waals surface area contributed by atoms with E-state index in [0.29, 0.717) is 6.42 Å². The number of rotatable bonds is 6. The van der Waals surface area contributed by atoms with E-state index in [1.165, 1.54) is 0 Å². The summed E-state index contributed by atoms with van der Waals surface area (Å²) in [5.41, 5.74) is 0. The van der Waals surface area contributed by atoms with Crippen LogP contribution >= 0.6 is 0 Å². The van der Waals surface area contributed by atoms with Crippen LogP contribution in [0.25, 0.3) is 0 Å². The Kier molecular flexibility index (Phi) is 3.92. The second kappa shape index (κ2) is 4.60. The van der Waals surface area contributed by atoms with Gasteiger partial charge < -0.3 is 9.47 Å². The van der Waals surface area contributed by atoms with Crippen LogP contribution in [0.2, 0.25) is 0 Å². The zero-order chi connectivity index (χ0) is 13.3. The SMILES string of the molecule is FCC(F)(F)C(F)(F)C(F)(F)OCC1CCO1. The Balaban J connectivity index is 2.65. The third-order valence-corrected chi connectivity index (χ3v) is 2.24. The van der Waals surface area contributed by atoms with Gasteiger partial charge in [0.15, 0.2) is 6.67 Å². The van der Waals surface area contributed by atoms with Crippen LogP contribution in [0.15, 0.2) is 0 Å². The summed E-state index contributed by atoms with van der Waals surface area (Å²) >= 11 is 0. The van der Waals surface area contributed by atoms with Gasteiger partial charge in [0.05, 0.1) is 12.7 Å². The number of hydrogen-bond acceptors (Lipinski definition) is 2. The summed E-state index contributed by atoms with van der Waals surface area (Å²) < 4.78 is 95.1. The molecule has 1 saturated heterocycles. The molecule has 0 aromatic rings. The summed E-state index contributed by atoms with van der Waals surface area (Å²) in [4.78, 5) is 0. The van der Waals surface area contributed by atoms with E-state index in [-0.39, 0.29) is 6.61 Å². The van der Waals surface area contributed by atoms with Crippen molar-refractivity contribution in [3.8, 4) is 0 Å². The standard InChI is InChI=1S/C8H9F7O2/c9-4-6(10,11)7(12,13)8(14,15)17-3-5-1-2-16-5/h5H,1-4H2.